The number of benzene rings is 2. The summed E-state index contributed by atoms with van der Waals surface area (Å²) < 4.78 is 18.7. The second kappa shape index (κ2) is 8.77. The molecule has 0 radical (unpaired) electrons. The largest absolute Gasteiger partial charge is 0.494 e. The van der Waals surface area contributed by atoms with Crippen molar-refractivity contribution >= 4 is 22.9 Å². The van der Waals surface area contributed by atoms with Crippen molar-refractivity contribution in [1.82, 2.24) is 4.98 Å². The molecule has 0 spiro atoms. The number of anilines is 1. The first-order valence-electron chi connectivity index (χ1n) is 8.84. The van der Waals surface area contributed by atoms with Crippen molar-refractivity contribution in [3.63, 3.8) is 0 Å². The molecule has 1 N–H and O–H groups in total. The number of halogens is 1. The Bertz CT molecular complexity index is 905. The highest BCUT2D eigenvalue weighted by Crippen LogP contribution is 2.29. The molecule has 4 nitrogen and oxygen atoms in total. The predicted molar refractivity (Wildman–Crippen MR) is 107 cm³/mol. The number of carbonyl (C=O) groups excluding carboxylic acids is 1. The van der Waals surface area contributed by atoms with Gasteiger partial charge in [0.05, 0.1) is 12.3 Å². The van der Waals surface area contributed by atoms with Crippen molar-refractivity contribution in [3.05, 3.63) is 64.9 Å². The predicted octanol–water partition coefficient (Wildman–Crippen LogP) is 5.69. The Labute approximate surface area is 162 Å². The SMILES string of the molecule is CCCCOc1ccc(NC(=O)c2sc(-c3ccc(F)cc3)nc2C)cc1. The Morgan fingerprint density at radius 1 is 1.15 bits per heavy atom. The van der Waals surface area contributed by atoms with E-state index in [0.29, 0.717) is 27.9 Å². The van der Waals surface area contributed by atoms with Crippen LogP contribution in [0.2, 0.25) is 0 Å². The smallest absolute Gasteiger partial charge is 0.267 e. The minimum atomic E-state index is -0.299. The summed E-state index contributed by atoms with van der Waals surface area (Å²) in [4.78, 5) is 17.6. The molecule has 0 aliphatic rings. The Morgan fingerprint density at radius 2 is 1.85 bits per heavy atom. The minimum absolute atomic E-state index is 0.210. The highest BCUT2D eigenvalue weighted by molar-refractivity contribution is 7.17. The first kappa shape index (κ1) is 19.0. The van der Waals surface area contributed by atoms with Gasteiger partial charge in [-0.3, -0.25) is 4.79 Å². The molecule has 0 saturated heterocycles. The molecule has 1 aromatic heterocycles. The van der Waals surface area contributed by atoms with Crippen molar-refractivity contribution in [1.29, 1.82) is 0 Å². The van der Waals surface area contributed by atoms with Crippen molar-refractivity contribution in [2.75, 3.05) is 11.9 Å². The molecule has 3 rings (SSSR count). The van der Waals surface area contributed by atoms with Crippen molar-refractivity contribution in [2.45, 2.75) is 26.7 Å². The van der Waals surface area contributed by atoms with E-state index in [1.54, 1.807) is 19.1 Å². The van der Waals surface area contributed by atoms with Gasteiger partial charge in [-0.05, 0) is 61.9 Å². The molecule has 140 valence electrons. The van der Waals surface area contributed by atoms with E-state index in [1.807, 2.05) is 24.3 Å². The van der Waals surface area contributed by atoms with Gasteiger partial charge in [0, 0.05) is 11.3 Å². The summed E-state index contributed by atoms with van der Waals surface area (Å²) >= 11 is 1.29. The van der Waals surface area contributed by atoms with Crippen LogP contribution in [0, 0.1) is 12.7 Å². The van der Waals surface area contributed by atoms with Gasteiger partial charge in [-0.1, -0.05) is 13.3 Å². The van der Waals surface area contributed by atoms with E-state index in [1.165, 1.54) is 23.5 Å². The number of hydrogen-bond acceptors (Lipinski definition) is 4. The summed E-state index contributed by atoms with van der Waals surface area (Å²) in [6.07, 6.45) is 2.10. The van der Waals surface area contributed by atoms with Crippen molar-refractivity contribution < 1.29 is 13.9 Å². The zero-order valence-electron chi connectivity index (χ0n) is 15.3. The lowest BCUT2D eigenvalue weighted by atomic mass is 10.2. The first-order chi connectivity index (χ1) is 13.1. The van der Waals surface area contributed by atoms with E-state index in [-0.39, 0.29) is 11.7 Å². The fourth-order valence-corrected chi connectivity index (χ4v) is 3.45. The molecule has 27 heavy (non-hydrogen) atoms. The third-order valence-corrected chi connectivity index (χ3v) is 5.18. The van der Waals surface area contributed by atoms with Crippen LogP contribution in [0.3, 0.4) is 0 Å². The highest BCUT2D eigenvalue weighted by atomic mass is 32.1. The zero-order valence-corrected chi connectivity index (χ0v) is 16.1. The number of ether oxygens (including phenoxy) is 1. The molecule has 2 aromatic carbocycles. The molecule has 6 heteroatoms. The molecule has 0 aliphatic carbocycles. The van der Waals surface area contributed by atoms with Gasteiger partial charge in [-0.25, -0.2) is 9.37 Å². The fraction of sp³-hybridized carbons (Fsp3) is 0.238. The quantitative estimate of drug-likeness (QED) is 0.533. The lowest BCUT2D eigenvalue weighted by Crippen LogP contribution is -2.11. The van der Waals surface area contributed by atoms with Gasteiger partial charge in [-0.2, -0.15) is 0 Å². The van der Waals surface area contributed by atoms with E-state index in [4.69, 9.17) is 4.74 Å². The number of amides is 1. The summed E-state index contributed by atoms with van der Waals surface area (Å²) in [5.74, 6) is 0.277. The number of hydrogen-bond donors (Lipinski definition) is 1. The average molecular weight is 384 g/mol. The number of aromatic nitrogens is 1. The van der Waals surface area contributed by atoms with Crippen molar-refractivity contribution in [2.24, 2.45) is 0 Å². The molecule has 0 fully saturated rings. The Kier molecular flexibility index (Phi) is 6.19. The van der Waals surface area contributed by atoms with Crippen molar-refractivity contribution in [3.8, 4) is 16.3 Å². The van der Waals surface area contributed by atoms with E-state index in [9.17, 15) is 9.18 Å². The summed E-state index contributed by atoms with van der Waals surface area (Å²) in [5, 5.41) is 3.58. The number of aryl methyl sites for hydroxylation is 1. The Hall–Kier alpha value is -2.73. The summed E-state index contributed by atoms with van der Waals surface area (Å²) in [5.41, 5.74) is 2.13. The van der Waals surface area contributed by atoms with Gasteiger partial charge in [0.1, 0.15) is 21.5 Å². The second-order valence-electron chi connectivity index (χ2n) is 6.12. The van der Waals surface area contributed by atoms with Gasteiger partial charge < -0.3 is 10.1 Å². The van der Waals surface area contributed by atoms with Gasteiger partial charge in [0.2, 0.25) is 0 Å². The summed E-state index contributed by atoms with van der Waals surface area (Å²) in [6, 6.07) is 13.4. The molecule has 0 bridgehead atoms. The molecular formula is C21H21FN2O2S. The van der Waals surface area contributed by atoms with Crippen LogP contribution < -0.4 is 10.1 Å². The topological polar surface area (TPSA) is 51.2 Å². The van der Waals surface area contributed by atoms with Gasteiger partial charge in [-0.15, -0.1) is 11.3 Å². The van der Waals surface area contributed by atoms with Crippen LogP contribution >= 0.6 is 11.3 Å². The third kappa shape index (κ3) is 4.92. The van der Waals surface area contributed by atoms with E-state index < -0.39 is 0 Å². The van der Waals surface area contributed by atoms with E-state index in [0.717, 1.165) is 24.2 Å². The third-order valence-electron chi connectivity index (χ3n) is 3.97. The molecule has 0 unspecified atom stereocenters. The number of thiazole rings is 1. The van der Waals surface area contributed by atoms with Crippen LogP contribution in [0.5, 0.6) is 5.75 Å². The average Bonchev–Trinajstić information content (AvgIpc) is 3.06. The maximum atomic E-state index is 13.1. The second-order valence-corrected chi connectivity index (χ2v) is 7.12. The lowest BCUT2D eigenvalue weighted by molar-refractivity contribution is 0.103. The minimum Gasteiger partial charge on any atom is -0.494 e. The lowest BCUT2D eigenvalue weighted by Gasteiger charge is -2.07. The maximum Gasteiger partial charge on any atom is 0.267 e. The number of carbonyl (C=O) groups is 1. The highest BCUT2D eigenvalue weighted by Gasteiger charge is 2.16. The molecule has 1 amide bonds. The molecule has 1 heterocycles. The number of rotatable bonds is 7. The fourth-order valence-electron chi connectivity index (χ4n) is 2.48. The van der Waals surface area contributed by atoms with Gasteiger partial charge in [0.25, 0.3) is 5.91 Å². The van der Waals surface area contributed by atoms with Crippen LogP contribution in [-0.4, -0.2) is 17.5 Å². The van der Waals surface area contributed by atoms with Crippen LogP contribution in [-0.2, 0) is 0 Å². The van der Waals surface area contributed by atoms with Gasteiger partial charge in [0.15, 0.2) is 0 Å². The summed E-state index contributed by atoms with van der Waals surface area (Å²) in [7, 11) is 0. The maximum absolute atomic E-state index is 13.1. The van der Waals surface area contributed by atoms with Crippen LogP contribution in [0.15, 0.2) is 48.5 Å². The van der Waals surface area contributed by atoms with Crippen LogP contribution in [0.4, 0.5) is 10.1 Å². The zero-order chi connectivity index (χ0) is 19.2. The molecule has 0 aliphatic heterocycles. The van der Waals surface area contributed by atoms with E-state index in [2.05, 4.69) is 17.2 Å². The van der Waals surface area contributed by atoms with Crippen LogP contribution in [0.25, 0.3) is 10.6 Å². The van der Waals surface area contributed by atoms with Crippen LogP contribution in [0.1, 0.15) is 35.1 Å². The summed E-state index contributed by atoms with van der Waals surface area (Å²) in [6.45, 7) is 4.60. The Balaban J connectivity index is 1.68. The number of nitrogens with zero attached hydrogens (tertiary/aromatic N) is 1. The number of unbranched alkanes of at least 4 members (excludes halogenated alkanes) is 1. The molecule has 0 atom stereocenters. The first-order valence-corrected chi connectivity index (χ1v) is 9.66. The normalized spacial score (nSPS) is 10.6. The molecular weight excluding hydrogens is 363 g/mol. The Morgan fingerprint density at radius 3 is 2.52 bits per heavy atom. The van der Waals surface area contributed by atoms with E-state index >= 15 is 0 Å². The standard InChI is InChI=1S/C21H21FN2O2S/c1-3-4-13-26-18-11-9-17(10-12-18)24-20(25)19-14(2)23-21(27-19)15-5-7-16(22)8-6-15/h5-12H,3-4,13H2,1-2H3,(H,24,25). The monoisotopic (exact) mass is 384 g/mol. The molecule has 0 saturated carbocycles. The van der Waals surface area contributed by atoms with Gasteiger partial charge >= 0.3 is 0 Å². The molecule has 3 aromatic rings. The number of nitrogens with one attached hydrogen (secondary N) is 1.